The molecule has 0 saturated heterocycles. The summed E-state index contributed by atoms with van der Waals surface area (Å²) in [6.45, 7) is 0. The molecule has 13 heavy (non-hydrogen) atoms. The number of rotatable bonds is 1. The normalized spacial score (nSPS) is 30.2. The van der Waals surface area contributed by atoms with Gasteiger partial charge in [-0.2, -0.15) is 0 Å². The lowest BCUT2D eigenvalue weighted by Crippen LogP contribution is -2.34. The second-order valence-corrected chi connectivity index (χ2v) is 3.95. The van der Waals surface area contributed by atoms with E-state index in [1.807, 2.05) is 19.0 Å². The minimum absolute atomic E-state index is 0.382. The van der Waals surface area contributed by atoms with Crippen LogP contribution in [0.15, 0.2) is 4.99 Å². The van der Waals surface area contributed by atoms with Crippen LogP contribution in [0.4, 0.5) is 0 Å². The lowest BCUT2D eigenvalue weighted by atomic mass is 9.92. The van der Waals surface area contributed by atoms with Gasteiger partial charge in [0.25, 0.3) is 0 Å². The van der Waals surface area contributed by atoms with Crippen molar-refractivity contribution in [3.63, 3.8) is 0 Å². The van der Waals surface area contributed by atoms with E-state index >= 15 is 0 Å². The van der Waals surface area contributed by atoms with E-state index in [1.165, 1.54) is 0 Å². The van der Waals surface area contributed by atoms with Crippen molar-refractivity contribution in [3.05, 3.63) is 0 Å². The van der Waals surface area contributed by atoms with Crippen molar-refractivity contribution >= 4 is 5.96 Å². The van der Waals surface area contributed by atoms with Gasteiger partial charge in [-0.05, 0) is 25.7 Å². The SMILES string of the molecule is CN(C)C(N)=NC1CCC(N)CC1. The summed E-state index contributed by atoms with van der Waals surface area (Å²) in [5.74, 6) is 0.625. The third-order valence-corrected chi connectivity index (χ3v) is 2.51. The monoisotopic (exact) mass is 184 g/mol. The van der Waals surface area contributed by atoms with E-state index in [4.69, 9.17) is 11.5 Å². The molecule has 0 aliphatic heterocycles. The highest BCUT2D eigenvalue weighted by molar-refractivity contribution is 5.77. The van der Waals surface area contributed by atoms with Crippen molar-refractivity contribution in [2.24, 2.45) is 16.5 Å². The second kappa shape index (κ2) is 4.46. The topological polar surface area (TPSA) is 67.6 Å². The Hall–Kier alpha value is -0.770. The van der Waals surface area contributed by atoms with Crippen LogP contribution in [0.3, 0.4) is 0 Å². The first kappa shape index (κ1) is 10.3. The lowest BCUT2D eigenvalue weighted by Gasteiger charge is -2.24. The molecule has 0 aromatic heterocycles. The van der Waals surface area contributed by atoms with Crippen LogP contribution < -0.4 is 11.5 Å². The molecule has 0 amide bonds. The van der Waals surface area contributed by atoms with Gasteiger partial charge in [-0.1, -0.05) is 0 Å². The highest BCUT2D eigenvalue weighted by atomic mass is 15.2. The van der Waals surface area contributed by atoms with Crippen LogP contribution in [-0.2, 0) is 0 Å². The van der Waals surface area contributed by atoms with Crippen molar-refractivity contribution in [1.82, 2.24) is 4.90 Å². The maximum Gasteiger partial charge on any atom is 0.190 e. The molecule has 0 radical (unpaired) electrons. The molecule has 76 valence electrons. The van der Waals surface area contributed by atoms with Gasteiger partial charge in [0.05, 0.1) is 6.04 Å². The number of guanidine groups is 1. The fourth-order valence-electron chi connectivity index (χ4n) is 1.53. The molecule has 1 saturated carbocycles. The smallest absolute Gasteiger partial charge is 0.190 e. The van der Waals surface area contributed by atoms with E-state index in [0.29, 0.717) is 18.0 Å². The van der Waals surface area contributed by atoms with Crippen molar-refractivity contribution in [3.8, 4) is 0 Å². The predicted octanol–water partition coefficient (Wildman–Crippen LogP) is 0.133. The summed E-state index contributed by atoms with van der Waals surface area (Å²) in [5, 5.41) is 0. The second-order valence-electron chi connectivity index (χ2n) is 3.95. The molecule has 0 heterocycles. The molecule has 0 atom stereocenters. The molecule has 4 heteroatoms. The first-order chi connectivity index (χ1) is 6.09. The van der Waals surface area contributed by atoms with Crippen LogP contribution in [0.5, 0.6) is 0 Å². The van der Waals surface area contributed by atoms with Crippen molar-refractivity contribution in [2.45, 2.75) is 37.8 Å². The predicted molar refractivity (Wildman–Crippen MR) is 55.5 cm³/mol. The molecule has 1 aliphatic rings. The fourth-order valence-corrected chi connectivity index (χ4v) is 1.53. The Morgan fingerprint density at radius 3 is 2.23 bits per heavy atom. The van der Waals surface area contributed by atoms with Gasteiger partial charge in [0.1, 0.15) is 0 Å². The van der Waals surface area contributed by atoms with Gasteiger partial charge in [0, 0.05) is 20.1 Å². The van der Waals surface area contributed by atoms with Gasteiger partial charge in [0.15, 0.2) is 5.96 Å². The number of hydrogen-bond acceptors (Lipinski definition) is 2. The number of hydrogen-bond donors (Lipinski definition) is 2. The average Bonchev–Trinajstić information content (AvgIpc) is 2.08. The molecule has 1 aliphatic carbocycles. The Balaban J connectivity index is 2.41. The van der Waals surface area contributed by atoms with Crippen molar-refractivity contribution in [1.29, 1.82) is 0 Å². The largest absolute Gasteiger partial charge is 0.370 e. The lowest BCUT2D eigenvalue weighted by molar-refractivity contribution is 0.393. The number of nitrogens with two attached hydrogens (primary N) is 2. The molecule has 1 fully saturated rings. The minimum atomic E-state index is 0.382. The van der Waals surface area contributed by atoms with Gasteiger partial charge in [-0.25, -0.2) is 4.99 Å². The maximum atomic E-state index is 5.80. The Kier molecular flexibility index (Phi) is 3.54. The van der Waals surface area contributed by atoms with Crippen LogP contribution in [0, 0.1) is 0 Å². The fraction of sp³-hybridized carbons (Fsp3) is 0.889. The number of nitrogens with zero attached hydrogens (tertiary/aromatic N) is 2. The maximum absolute atomic E-state index is 5.80. The first-order valence-corrected chi connectivity index (χ1v) is 4.85. The summed E-state index contributed by atoms with van der Waals surface area (Å²) >= 11 is 0. The summed E-state index contributed by atoms with van der Waals surface area (Å²) < 4.78 is 0. The highest BCUT2D eigenvalue weighted by Gasteiger charge is 2.17. The summed E-state index contributed by atoms with van der Waals surface area (Å²) in [6.07, 6.45) is 4.31. The Labute approximate surface area is 80.0 Å². The molecule has 1 rings (SSSR count). The van der Waals surface area contributed by atoms with E-state index in [0.717, 1.165) is 25.7 Å². The van der Waals surface area contributed by atoms with E-state index in [-0.39, 0.29) is 0 Å². The van der Waals surface area contributed by atoms with Crippen LogP contribution >= 0.6 is 0 Å². The van der Waals surface area contributed by atoms with Gasteiger partial charge < -0.3 is 16.4 Å². The molecule has 0 bridgehead atoms. The Morgan fingerprint density at radius 2 is 1.77 bits per heavy atom. The summed E-state index contributed by atoms with van der Waals surface area (Å²) in [5.41, 5.74) is 11.5. The molecule has 0 aromatic carbocycles. The van der Waals surface area contributed by atoms with Gasteiger partial charge in [0.2, 0.25) is 0 Å². The van der Waals surface area contributed by atoms with Gasteiger partial charge >= 0.3 is 0 Å². The summed E-state index contributed by atoms with van der Waals surface area (Å²) in [6, 6.07) is 0.772. The van der Waals surface area contributed by atoms with E-state index in [2.05, 4.69) is 4.99 Å². The summed E-state index contributed by atoms with van der Waals surface area (Å²) in [7, 11) is 3.82. The van der Waals surface area contributed by atoms with E-state index < -0.39 is 0 Å². The standard InChI is InChI=1S/C9H20N4/c1-13(2)9(11)12-8-5-3-7(10)4-6-8/h7-8H,3-6,10H2,1-2H3,(H2,11,12). The van der Waals surface area contributed by atoms with Crippen LogP contribution in [0.1, 0.15) is 25.7 Å². The highest BCUT2D eigenvalue weighted by Crippen LogP contribution is 2.19. The zero-order valence-corrected chi connectivity index (χ0v) is 8.53. The van der Waals surface area contributed by atoms with Crippen molar-refractivity contribution < 1.29 is 0 Å². The van der Waals surface area contributed by atoms with E-state index in [9.17, 15) is 0 Å². The summed E-state index contributed by atoms with van der Waals surface area (Å²) in [4.78, 5) is 6.28. The molecule has 4 N–H and O–H groups in total. The third kappa shape index (κ3) is 3.22. The minimum Gasteiger partial charge on any atom is -0.370 e. The molecular formula is C9H20N4. The average molecular weight is 184 g/mol. The Bertz CT molecular complexity index is 180. The third-order valence-electron chi connectivity index (χ3n) is 2.51. The van der Waals surface area contributed by atoms with Crippen LogP contribution in [0.2, 0.25) is 0 Å². The van der Waals surface area contributed by atoms with Gasteiger partial charge in [-0.15, -0.1) is 0 Å². The Morgan fingerprint density at radius 1 is 1.23 bits per heavy atom. The zero-order chi connectivity index (χ0) is 9.84. The number of aliphatic imine (C=N–C) groups is 1. The molecular weight excluding hydrogens is 164 g/mol. The van der Waals surface area contributed by atoms with Gasteiger partial charge in [-0.3, -0.25) is 0 Å². The van der Waals surface area contributed by atoms with Crippen LogP contribution in [0.25, 0.3) is 0 Å². The van der Waals surface area contributed by atoms with Crippen molar-refractivity contribution in [2.75, 3.05) is 14.1 Å². The zero-order valence-electron chi connectivity index (χ0n) is 8.53. The molecule has 0 unspecified atom stereocenters. The first-order valence-electron chi connectivity index (χ1n) is 4.85. The molecule has 4 nitrogen and oxygen atoms in total. The van der Waals surface area contributed by atoms with Crippen LogP contribution in [-0.4, -0.2) is 37.0 Å². The molecule has 0 aromatic rings. The van der Waals surface area contributed by atoms with E-state index in [1.54, 1.807) is 0 Å². The quantitative estimate of drug-likeness (QED) is 0.450. The molecule has 0 spiro atoms.